The number of nitrogens with zero attached hydrogens (tertiary/aromatic N) is 3. The van der Waals surface area contributed by atoms with Crippen LogP contribution in [0.3, 0.4) is 0 Å². The van der Waals surface area contributed by atoms with Crippen molar-refractivity contribution in [1.29, 1.82) is 0 Å². The van der Waals surface area contributed by atoms with Gasteiger partial charge in [0.1, 0.15) is 0 Å². The molecule has 1 saturated heterocycles. The molecule has 31 heavy (non-hydrogen) atoms. The molecule has 1 aromatic heterocycles. The number of hydrogen-bond acceptors (Lipinski definition) is 6. The van der Waals surface area contributed by atoms with Gasteiger partial charge in [-0.05, 0) is 36.9 Å². The Labute approximate surface area is 202 Å². The lowest BCUT2D eigenvalue weighted by atomic mass is 10.2. The topological polar surface area (TPSA) is 45.7 Å². The van der Waals surface area contributed by atoms with Crippen molar-refractivity contribution in [3.8, 4) is 0 Å². The highest BCUT2D eigenvalue weighted by Gasteiger charge is 2.25. The van der Waals surface area contributed by atoms with Crippen molar-refractivity contribution in [3.05, 3.63) is 52.5 Å². The van der Waals surface area contributed by atoms with Crippen LogP contribution < -0.4 is 4.90 Å². The number of hydrogen-bond donors (Lipinski definition) is 0. The zero-order chi connectivity index (χ0) is 21.1. The van der Waals surface area contributed by atoms with Crippen LogP contribution in [0.4, 0.5) is 5.13 Å². The molecule has 2 aromatic carbocycles. The molecule has 0 atom stereocenters. The van der Waals surface area contributed by atoms with Crippen LogP contribution in [0.15, 0.2) is 41.3 Å². The number of anilines is 1. The molecule has 0 unspecified atom stereocenters. The molecule has 3 aromatic rings. The SMILES string of the molecule is CSc1ccccc1C(=O)N(CCN1CCOCC1)c1nc2c(C)ccc(Cl)c2s1.Cl. The van der Waals surface area contributed by atoms with Crippen LogP contribution in [0.25, 0.3) is 10.2 Å². The molecule has 0 bridgehead atoms. The first-order valence-electron chi connectivity index (χ1n) is 9.89. The van der Waals surface area contributed by atoms with Gasteiger partial charge in [-0.25, -0.2) is 4.98 Å². The fourth-order valence-electron chi connectivity index (χ4n) is 3.52. The van der Waals surface area contributed by atoms with Gasteiger partial charge in [-0.1, -0.05) is 41.1 Å². The zero-order valence-corrected chi connectivity index (χ0v) is 20.7. The summed E-state index contributed by atoms with van der Waals surface area (Å²) in [5, 5.41) is 1.36. The number of carbonyl (C=O) groups is 1. The molecule has 4 rings (SSSR count). The van der Waals surface area contributed by atoms with Crippen molar-refractivity contribution in [3.63, 3.8) is 0 Å². The predicted molar refractivity (Wildman–Crippen MR) is 134 cm³/mol. The number of rotatable bonds is 6. The normalized spacial score (nSPS) is 14.4. The van der Waals surface area contributed by atoms with E-state index in [9.17, 15) is 4.79 Å². The summed E-state index contributed by atoms with van der Waals surface area (Å²) in [7, 11) is 0. The number of morpholine rings is 1. The van der Waals surface area contributed by atoms with E-state index in [0.29, 0.717) is 22.3 Å². The fourth-order valence-corrected chi connectivity index (χ4v) is 5.45. The summed E-state index contributed by atoms with van der Waals surface area (Å²) in [4.78, 5) is 23.6. The van der Waals surface area contributed by atoms with Gasteiger partial charge in [0.25, 0.3) is 5.91 Å². The summed E-state index contributed by atoms with van der Waals surface area (Å²) in [6.45, 7) is 6.60. The Hall–Kier alpha value is -1.35. The Morgan fingerprint density at radius 1 is 1.26 bits per heavy atom. The van der Waals surface area contributed by atoms with E-state index in [1.165, 1.54) is 11.3 Å². The van der Waals surface area contributed by atoms with Crippen LogP contribution in [0.1, 0.15) is 15.9 Å². The van der Waals surface area contributed by atoms with Crippen molar-refractivity contribution >= 4 is 68.4 Å². The summed E-state index contributed by atoms with van der Waals surface area (Å²) in [5.74, 6) is -0.0268. The zero-order valence-electron chi connectivity index (χ0n) is 17.5. The van der Waals surface area contributed by atoms with Crippen LogP contribution >= 0.6 is 47.1 Å². The van der Waals surface area contributed by atoms with Crippen molar-refractivity contribution in [2.24, 2.45) is 0 Å². The Kier molecular flexibility index (Phi) is 8.61. The lowest BCUT2D eigenvalue weighted by Crippen LogP contribution is -2.43. The van der Waals surface area contributed by atoms with Gasteiger partial charge >= 0.3 is 0 Å². The van der Waals surface area contributed by atoms with Crippen LogP contribution in [0, 0.1) is 6.92 Å². The first-order chi connectivity index (χ1) is 14.6. The maximum Gasteiger partial charge on any atom is 0.261 e. The summed E-state index contributed by atoms with van der Waals surface area (Å²) in [6, 6.07) is 11.6. The molecule has 1 aliphatic rings. The summed E-state index contributed by atoms with van der Waals surface area (Å²) in [5.41, 5.74) is 2.63. The van der Waals surface area contributed by atoms with Crippen LogP contribution in [-0.2, 0) is 4.74 Å². The highest BCUT2D eigenvalue weighted by Crippen LogP contribution is 2.36. The highest BCUT2D eigenvalue weighted by atomic mass is 35.5. The number of carbonyl (C=O) groups excluding carboxylic acids is 1. The largest absolute Gasteiger partial charge is 0.379 e. The van der Waals surface area contributed by atoms with Gasteiger partial charge in [0, 0.05) is 31.1 Å². The minimum Gasteiger partial charge on any atom is -0.379 e. The van der Waals surface area contributed by atoms with Crippen LogP contribution in [0.5, 0.6) is 0 Å². The van der Waals surface area contributed by atoms with Crippen molar-refractivity contribution in [2.45, 2.75) is 11.8 Å². The third-order valence-electron chi connectivity index (χ3n) is 5.24. The number of benzene rings is 2. The average Bonchev–Trinajstić information content (AvgIpc) is 3.23. The number of thiazole rings is 1. The highest BCUT2D eigenvalue weighted by molar-refractivity contribution is 7.98. The standard InChI is InChI=1S/C22H24ClN3O2S2.ClH/c1-15-7-8-17(23)20-19(15)24-22(30-20)26(10-9-25-11-13-28-14-12-25)21(27)16-5-3-4-6-18(16)29-2;/h3-8H,9-14H2,1-2H3;1H. The fraction of sp³-hybridized carbons (Fsp3) is 0.364. The second-order valence-corrected chi connectivity index (χ2v) is 9.38. The molecule has 1 amide bonds. The number of thioether (sulfide) groups is 1. The van der Waals surface area contributed by atoms with E-state index in [4.69, 9.17) is 21.3 Å². The summed E-state index contributed by atoms with van der Waals surface area (Å²) in [6.07, 6.45) is 1.99. The van der Waals surface area contributed by atoms with Crippen molar-refractivity contribution in [1.82, 2.24) is 9.88 Å². The molecule has 0 aliphatic carbocycles. The quantitative estimate of drug-likeness (QED) is 0.427. The van der Waals surface area contributed by atoms with Crippen molar-refractivity contribution < 1.29 is 9.53 Å². The first-order valence-corrected chi connectivity index (χ1v) is 12.3. The lowest BCUT2D eigenvalue weighted by Gasteiger charge is -2.29. The monoisotopic (exact) mass is 497 g/mol. The number of halogens is 2. The molecule has 166 valence electrons. The Morgan fingerprint density at radius 2 is 2.00 bits per heavy atom. The predicted octanol–water partition coefficient (Wildman–Crippen LogP) is 5.38. The number of fused-ring (bicyclic) bond motifs is 1. The lowest BCUT2D eigenvalue weighted by molar-refractivity contribution is 0.0391. The molecular formula is C22H25Cl2N3O2S2. The third kappa shape index (κ3) is 5.35. The molecule has 9 heteroatoms. The van der Waals surface area contributed by atoms with E-state index in [1.807, 2.05) is 54.5 Å². The Balaban J connectivity index is 0.00000272. The molecule has 0 saturated carbocycles. The number of ether oxygens (including phenoxy) is 1. The molecule has 1 aliphatic heterocycles. The molecule has 0 radical (unpaired) electrons. The molecule has 1 fully saturated rings. The van der Waals surface area contributed by atoms with E-state index in [2.05, 4.69) is 4.90 Å². The Bertz CT molecular complexity index is 1020. The van der Waals surface area contributed by atoms with Crippen LogP contribution in [0.2, 0.25) is 5.02 Å². The number of aromatic nitrogens is 1. The van der Waals surface area contributed by atoms with Gasteiger partial charge in [-0.2, -0.15) is 0 Å². The molecule has 2 heterocycles. The van der Waals surface area contributed by atoms with Crippen molar-refractivity contribution in [2.75, 3.05) is 50.5 Å². The maximum absolute atomic E-state index is 13.6. The van der Waals surface area contributed by atoms with E-state index >= 15 is 0 Å². The average molecular weight is 499 g/mol. The first kappa shape index (κ1) is 24.3. The van der Waals surface area contributed by atoms with E-state index in [-0.39, 0.29) is 18.3 Å². The minimum atomic E-state index is -0.0268. The van der Waals surface area contributed by atoms with Gasteiger partial charge < -0.3 is 4.74 Å². The van der Waals surface area contributed by atoms with Gasteiger partial charge in [0.05, 0.1) is 34.0 Å². The Morgan fingerprint density at radius 3 is 2.71 bits per heavy atom. The summed E-state index contributed by atoms with van der Waals surface area (Å²) >= 11 is 9.49. The molecule has 0 spiro atoms. The minimum absolute atomic E-state index is 0. The number of amides is 1. The van der Waals surface area contributed by atoms with Gasteiger partial charge in [0.2, 0.25) is 0 Å². The van der Waals surface area contributed by atoms with Gasteiger partial charge in [0.15, 0.2) is 5.13 Å². The molecule has 0 N–H and O–H groups in total. The second-order valence-electron chi connectivity index (χ2n) is 7.15. The van der Waals surface area contributed by atoms with Gasteiger partial charge in [-0.15, -0.1) is 24.2 Å². The van der Waals surface area contributed by atoms with E-state index < -0.39 is 0 Å². The maximum atomic E-state index is 13.6. The third-order valence-corrected chi connectivity index (χ3v) is 7.58. The smallest absolute Gasteiger partial charge is 0.261 e. The molecular weight excluding hydrogens is 473 g/mol. The van der Waals surface area contributed by atoms with Crippen LogP contribution in [-0.4, -0.2) is 61.4 Å². The van der Waals surface area contributed by atoms with E-state index in [1.54, 1.807) is 11.8 Å². The summed E-state index contributed by atoms with van der Waals surface area (Å²) < 4.78 is 6.38. The number of aryl methyl sites for hydroxylation is 1. The van der Waals surface area contributed by atoms with E-state index in [0.717, 1.165) is 53.5 Å². The van der Waals surface area contributed by atoms with Gasteiger partial charge in [-0.3, -0.25) is 14.6 Å². The molecule has 5 nitrogen and oxygen atoms in total. The second kappa shape index (κ2) is 11.0.